The molecule has 1 aromatic rings. The number of carbonyl (C=O) groups is 2. The number of methoxy groups -OCH3 is 1. The van der Waals surface area contributed by atoms with E-state index in [4.69, 9.17) is 14.2 Å². The summed E-state index contributed by atoms with van der Waals surface area (Å²) >= 11 is 0. The molecule has 4 atom stereocenters. The fraction of sp³-hybridized carbons (Fsp3) is 0.474. The number of ether oxygens (including phenoxy) is 3. The van der Waals surface area contributed by atoms with Crippen LogP contribution in [0.2, 0.25) is 0 Å². The van der Waals surface area contributed by atoms with Gasteiger partial charge in [-0.15, -0.1) is 0 Å². The van der Waals surface area contributed by atoms with Crippen molar-refractivity contribution in [3.8, 4) is 0 Å². The minimum atomic E-state index is -0.594. The number of epoxide rings is 1. The highest BCUT2D eigenvalue weighted by Gasteiger charge is 2.75. The molecule has 1 saturated heterocycles. The van der Waals surface area contributed by atoms with Gasteiger partial charge in [0.1, 0.15) is 11.7 Å². The van der Waals surface area contributed by atoms with E-state index in [1.807, 2.05) is 24.3 Å². The van der Waals surface area contributed by atoms with E-state index < -0.39 is 17.1 Å². The predicted octanol–water partition coefficient (Wildman–Crippen LogP) is 2.31. The van der Waals surface area contributed by atoms with Gasteiger partial charge in [0.25, 0.3) is 0 Å². The monoisotopic (exact) mass is 328 g/mol. The molecule has 1 aromatic carbocycles. The zero-order valence-electron chi connectivity index (χ0n) is 13.6. The number of carbonyl (C=O) groups excluding carboxylic acids is 2. The molecule has 4 rings (SSSR count). The summed E-state index contributed by atoms with van der Waals surface area (Å²) in [5.41, 5.74) is -0.647. The van der Waals surface area contributed by atoms with Crippen LogP contribution in [-0.4, -0.2) is 43.3 Å². The zero-order chi connectivity index (χ0) is 16.8. The Hall–Kier alpha value is -1.98. The molecule has 0 unspecified atom stereocenters. The number of ketones is 1. The minimum Gasteiger partial charge on any atom is -0.458 e. The van der Waals surface area contributed by atoms with Crippen molar-refractivity contribution in [2.45, 2.75) is 37.1 Å². The van der Waals surface area contributed by atoms with Crippen LogP contribution in [0.25, 0.3) is 0 Å². The summed E-state index contributed by atoms with van der Waals surface area (Å²) in [5, 5.41) is 0. The molecule has 126 valence electrons. The largest absolute Gasteiger partial charge is 0.458 e. The van der Waals surface area contributed by atoms with E-state index in [1.165, 1.54) is 0 Å². The first-order chi connectivity index (χ1) is 11.6. The van der Waals surface area contributed by atoms with E-state index in [0.29, 0.717) is 12.2 Å². The highest BCUT2D eigenvalue weighted by atomic mass is 16.6. The Bertz CT molecular complexity index is 697. The minimum absolute atomic E-state index is 0.00300. The van der Waals surface area contributed by atoms with Gasteiger partial charge < -0.3 is 14.2 Å². The van der Waals surface area contributed by atoms with Crippen LogP contribution in [0.4, 0.5) is 0 Å². The molecule has 3 aliphatic rings. The Balaban J connectivity index is 1.66. The summed E-state index contributed by atoms with van der Waals surface area (Å²) < 4.78 is 17.2. The molecule has 2 fully saturated rings. The van der Waals surface area contributed by atoms with Crippen molar-refractivity contribution in [2.24, 2.45) is 5.41 Å². The Morgan fingerprint density at radius 2 is 2.12 bits per heavy atom. The maximum Gasteiger partial charge on any atom is 0.338 e. The van der Waals surface area contributed by atoms with Crippen LogP contribution in [0.5, 0.6) is 0 Å². The normalized spacial score (nSPS) is 36.6. The van der Waals surface area contributed by atoms with E-state index in [9.17, 15) is 9.59 Å². The third-order valence-electron chi connectivity index (χ3n) is 5.52. The highest BCUT2D eigenvalue weighted by molar-refractivity contribution is 5.98. The van der Waals surface area contributed by atoms with Gasteiger partial charge in [0.2, 0.25) is 0 Å². The lowest BCUT2D eigenvalue weighted by atomic mass is 9.60. The van der Waals surface area contributed by atoms with Gasteiger partial charge in [0.05, 0.1) is 17.6 Å². The van der Waals surface area contributed by atoms with E-state index in [-0.39, 0.29) is 17.9 Å². The number of benzene rings is 1. The van der Waals surface area contributed by atoms with Gasteiger partial charge in [-0.3, -0.25) is 4.79 Å². The van der Waals surface area contributed by atoms with E-state index in [2.05, 4.69) is 0 Å². The lowest BCUT2D eigenvalue weighted by Gasteiger charge is -2.46. The van der Waals surface area contributed by atoms with Crippen LogP contribution in [0.1, 0.15) is 29.6 Å². The van der Waals surface area contributed by atoms with E-state index in [1.54, 1.807) is 25.3 Å². The molecule has 24 heavy (non-hydrogen) atoms. The van der Waals surface area contributed by atoms with Crippen molar-refractivity contribution in [1.29, 1.82) is 0 Å². The molecule has 0 radical (unpaired) electrons. The Labute approximate surface area is 140 Å². The Kier molecular flexibility index (Phi) is 3.58. The second-order valence-electron chi connectivity index (χ2n) is 6.75. The molecule has 5 heteroatoms. The van der Waals surface area contributed by atoms with Gasteiger partial charge in [0.15, 0.2) is 11.9 Å². The second-order valence-corrected chi connectivity index (χ2v) is 6.75. The van der Waals surface area contributed by atoms with Gasteiger partial charge in [-0.05, 0) is 37.5 Å². The fourth-order valence-corrected chi connectivity index (χ4v) is 4.33. The zero-order valence-corrected chi connectivity index (χ0v) is 13.6. The summed E-state index contributed by atoms with van der Waals surface area (Å²) in [6.07, 6.45) is 5.00. The van der Waals surface area contributed by atoms with Crippen LogP contribution in [0.3, 0.4) is 0 Å². The summed E-state index contributed by atoms with van der Waals surface area (Å²) in [6, 6.07) is 8.95. The Morgan fingerprint density at radius 1 is 1.33 bits per heavy atom. The summed E-state index contributed by atoms with van der Waals surface area (Å²) in [4.78, 5) is 24.5. The van der Waals surface area contributed by atoms with Crippen molar-refractivity contribution >= 4 is 11.8 Å². The van der Waals surface area contributed by atoms with Crippen molar-refractivity contribution in [2.75, 3.05) is 13.7 Å². The lowest BCUT2D eigenvalue weighted by molar-refractivity contribution is -0.117. The number of esters is 1. The van der Waals surface area contributed by atoms with E-state index in [0.717, 1.165) is 19.3 Å². The molecule has 1 spiro atoms. The van der Waals surface area contributed by atoms with Gasteiger partial charge in [0, 0.05) is 7.11 Å². The molecule has 2 aliphatic carbocycles. The Morgan fingerprint density at radius 3 is 2.88 bits per heavy atom. The van der Waals surface area contributed by atoms with Crippen LogP contribution in [-0.2, 0) is 19.0 Å². The molecule has 1 aliphatic heterocycles. The summed E-state index contributed by atoms with van der Waals surface area (Å²) in [6.45, 7) is 0.361. The predicted molar refractivity (Wildman–Crippen MR) is 85.6 cm³/mol. The van der Waals surface area contributed by atoms with Crippen molar-refractivity contribution < 1.29 is 23.8 Å². The molecule has 0 amide bonds. The van der Waals surface area contributed by atoms with Crippen molar-refractivity contribution in [3.63, 3.8) is 0 Å². The maximum atomic E-state index is 12.5. The number of hydrogen-bond donors (Lipinski definition) is 0. The first kappa shape index (κ1) is 15.5. The van der Waals surface area contributed by atoms with E-state index >= 15 is 0 Å². The molecule has 0 bridgehead atoms. The summed E-state index contributed by atoms with van der Waals surface area (Å²) in [5.74, 6) is -0.354. The quantitative estimate of drug-likeness (QED) is 0.627. The van der Waals surface area contributed by atoms with Gasteiger partial charge >= 0.3 is 5.97 Å². The average molecular weight is 328 g/mol. The third-order valence-corrected chi connectivity index (χ3v) is 5.52. The fourth-order valence-electron chi connectivity index (χ4n) is 4.33. The smallest absolute Gasteiger partial charge is 0.338 e. The molecule has 1 heterocycles. The first-order valence-electron chi connectivity index (χ1n) is 8.29. The molecule has 1 saturated carbocycles. The average Bonchev–Trinajstić information content (AvgIpc) is 3.34. The SMILES string of the molecule is COC[C@]12C=CC(=O)[C@@H]3O[C@@]31CCC[C@@H]2OC(=O)c1ccccc1. The molecular formula is C19H20O5. The first-order valence-corrected chi connectivity index (χ1v) is 8.29. The summed E-state index contributed by atoms with van der Waals surface area (Å²) in [7, 11) is 1.62. The van der Waals surface area contributed by atoms with Crippen LogP contribution in [0.15, 0.2) is 42.5 Å². The molecule has 5 nitrogen and oxygen atoms in total. The number of rotatable bonds is 4. The molecule has 0 N–H and O–H groups in total. The molecular weight excluding hydrogens is 308 g/mol. The highest BCUT2D eigenvalue weighted by Crippen LogP contribution is 2.62. The lowest BCUT2D eigenvalue weighted by Crippen LogP contribution is -2.57. The van der Waals surface area contributed by atoms with Crippen molar-refractivity contribution in [3.05, 3.63) is 48.0 Å². The van der Waals surface area contributed by atoms with Crippen LogP contribution < -0.4 is 0 Å². The van der Waals surface area contributed by atoms with Gasteiger partial charge in [-0.1, -0.05) is 24.3 Å². The molecule has 0 aromatic heterocycles. The standard InChI is InChI=1S/C19H20O5/c1-22-12-18-11-9-14(20)16-19(18,24-16)10-5-8-15(18)23-17(21)13-6-3-2-4-7-13/h2-4,6-7,9,11,15-16H,5,8,10,12H2,1H3/t15-,16-,18-,19-/m0/s1. The van der Waals surface area contributed by atoms with Gasteiger partial charge in [-0.25, -0.2) is 4.79 Å². The topological polar surface area (TPSA) is 65.1 Å². The van der Waals surface area contributed by atoms with Crippen LogP contribution in [0, 0.1) is 5.41 Å². The number of hydrogen-bond acceptors (Lipinski definition) is 5. The van der Waals surface area contributed by atoms with Crippen molar-refractivity contribution in [1.82, 2.24) is 0 Å². The van der Waals surface area contributed by atoms with Gasteiger partial charge in [-0.2, -0.15) is 0 Å². The van der Waals surface area contributed by atoms with Crippen LogP contribution >= 0.6 is 0 Å². The second kappa shape index (κ2) is 5.53. The third kappa shape index (κ3) is 2.08. The maximum absolute atomic E-state index is 12.5.